The third-order valence-electron chi connectivity index (χ3n) is 2.29. The fourth-order valence-corrected chi connectivity index (χ4v) is 2.87. The van der Waals surface area contributed by atoms with Crippen LogP contribution >= 0.6 is 0 Å². The van der Waals surface area contributed by atoms with Gasteiger partial charge in [-0.25, -0.2) is 13.4 Å². The van der Waals surface area contributed by atoms with Crippen molar-refractivity contribution in [2.45, 2.75) is 4.90 Å². The minimum Gasteiger partial charge on any atom is -0.284 e. The summed E-state index contributed by atoms with van der Waals surface area (Å²) < 4.78 is 27.7. The number of anilines is 1. The zero-order chi connectivity index (χ0) is 10.5. The van der Waals surface area contributed by atoms with Crippen molar-refractivity contribution < 1.29 is 8.42 Å². The number of rotatable bonds is 0. The predicted octanol–water partition coefficient (Wildman–Crippen LogP) is 0.987. The summed E-state index contributed by atoms with van der Waals surface area (Å²) in [4.78, 5) is 4.18. The Morgan fingerprint density at radius 1 is 1.27 bits per heavy atom. The molecule has 0 aliphatic carbocycles. The SMILES string of the molecule is O=S1(=O)Nc2cncn2-c2ccccc21. The summed E-state index contributed by atoms with van der Waals surface area (Å²) in [5, 5.41) is 0. The summed E-state index contributed by atoms with van der Waals surface area (Å²) in [7, 11) is -3.44. The van der Waals surface area contributed by atoms with Crippen molar-refractivity contribution in [3.63, 3.8) is 0 Å². The lowest BCUT2D eigenvalue weighted by molar-refractivity contribution is 0.598. The van der Waals surface area contributed by atoms with Gasteiger partial charge in [-0.05, 0) is 12.1 Å². The van der Waals surface area contributed by atoms with Crippen LogP contribution in [0.5, 0.6) is 0 Å². The molecule has 0 bridgehead atoms. The quantitative estimate of drug-likeness (QED) is 0.721. The number of sulfonamides is 1. The molecule has 0 amide bonds. The highest BCUT2D eigenvalue weighted by Gasteiger charge is 2.26. The monoisotopic (exact) mass is 221 g/mol. The van der Waals surface area contributed by atoms with E-state index >= 15 is 0 Å². The number of benzene rings is 1. The summed E-state index contributed by atoms with van der Waals surface area (Å²) >= 11 is 0. The number of imidazole rings is 1. The maximum absolute atomic E-state index is 11.8. The molecule has 3 rings (SSSR count). The van der Waals surface area contributed by atoms with Crippen LogP contribution in [0.15, 0.2) is 41.7 Å². The van der Waals surface area contributed by atoms with Gasteiger partial charge in [0.2, 0.25) is 0 Å². The molecule has 1 aliphatic rings. The van der Waals surface area contributed by atoms with E-state index in [9.17, 15) is 8.42 Å². The van der Waals surface area contributed by atoms with Crippen LogP contribution in [0.4, 0.5) is 5.82 Å². The Hall–Kier alpha value is -1.82. The Balaban J connectivity index is 2.44. The van der Waals surface area contributed by atoms with Crippen molar-refractivity contribution in [2.24, 2.45) is 0 Å². The molecule has 0 spiro atoms. The molecule has 0 atom stereocenters. The van der Waals surface area contributed by atoms with Crippen molar-refractivity contribution in [3.8, 4) is 5.69 Å². The van der Waals surface area contributed by atoms with Gasteiger partial charge in [-0.2, -0.15) is 0 Å². The fourth-order valence-electron chi connectivity index (χ4n) is 1.64. The molecule has 2 aromatic rings. The first kappa shape index (κ1) is 8.49. The molecular formula is C9H7N3O2S. The number of nitrogens with zero attached hydrogens (tertiary/aromatic N) is 2. The van der Waals surface area contributed by atoms with Crippen LogP contribution in [0.2, 0.25) is 0 Å². The zero-order valence-corrected chi connectivity index (χ0v) is 8.40. The molecule has 1 N–H and O–H groups in total. The average Bonchev–Trinajstić information content (AvgIpc) is 2.65. The topological polar surface area (TPSA) is 64.0 Å². The third-order valence-corrected chi connectivity index (χ3v) is 3.69. The van der Waals surface area contributed by atoms with E-state index in [4.69, 9.17) is 0 Å². The van der Waals surface area contributed by atoms with Crippen LogP contribution in [-0.2, 0) is 10.0 Å². The summed E-state index contributed by atoms with van der Waals surface area (Å²) in [5.41, 5.74) is 0.628. The first-order chi connectivity index (χ1) is 7.18. The summed E-state index contributed by atoms with van der Waals surface area (Å²) in [6.07, 6.45) is 3.06. The van der Waals surface area contributed by atoms with Gasteiger partial charge in [0.15, 0.2) is 0 Å². The van der Waals surface area contributed by atoms with Gasteiger partial charge in [0, 0.05) is 0 Å². The maximum Gasteiger partial charge on any atom is 0.265 e. The number of nitrogens with one attached hydrogen (secondary N) is 1. The third kappa shape index (κ3) is 1.08. The van der Waals surface area contributed by atoms with E-state index in [0.717, 1.165) is 0 Å². The smallest absolute Gasteiger partial charge is 0.265 e. The second-order valence-electron chi connectivity index (χ2n) is 3.22. The fraction of sp³-hybridized carbons (Fsp3) is 0. The molecule has 0 radical (unpaired) electrons. The molecule has 5 nitrogen and oxygen atoms in total. The molecule has 1 aromatic heterocycles. The van der Waals surface area contributed by atoms with Crippen LogP contribution < -0.4 is 4.72 Å². The lowest BCUT2D eigenvalue weighted by atomic mass is 10.3. The predicted molar refractivity (Wildman–Crippen MR) is 54.4 cm³/mol. The van der Waals surface area contributed by atoms with E-state index in [1.807, 2.05) is 0 Å². The molecule has 76 valence electrons. The van der Waals surface area contributed by atoms with Crippen LogP contribution in [0, 0.1) is 0 Å². The standard InChI is InChI=1S/C9H7N3O2S/c13-15(14)8-4-2-1-3-7(8)12-6-10-5-9(12)11-15/h1-6,11H. The lowest BCUT2D eigenvalue weighted by Crippen LogP contribution is -2.22. The first-order valence-electron chi connectivity index (χ1n) is 4.33. The van der Waals surface area contributed by atoms with Gasteiger partial charge in [-0.15, -0.1) is 0 Å². The number of fused-ring (bicyclic) bond motifs is 3. The first-order valence-corrected chi connectivity index (χ1v) is 5.81. The van der Waals surface area contributed by atoms with E-state index in [0.29, 0.717) is 11.5 Å². The van der Waals surface area contributed by atoms with Gasteiger partial charge in [-0.3, -0.25) is 9.29 Å². The molecule has 15 heavy (non-hydrogen) atoms. The second-order valence-corrected chi connectivity index (χ2v) is 4.87. The summed E-state index contributed by atoms with van der Waals surface area (Å²) in [6.45, 7) is 0. The molecule has 2 heterocycles. The molecular weight excluding hydrogens is 214 g/mol. The molecule has 1 aromatic carbocycles. The van der Waals surface area contributed by atoms with Gasteiger partial charge >= 0.3 is 0 Å². The normalized spacial score (nSPS) is 16.3. The lowest BCUT2D eigenvalue weighted by Gasteiger charge is -2.19. The number of para-hydroxylation sites is 1. The minimum absolute atomic E-state index is 0.274. The van der Waals surface area contributed by atoms with Crippen LogP contribution in [-0.4, -0.2) is 18.0 Å². The summed E-state index contributed by atoms with van der Waals surface area (Å²) in [5.74, 6) is 0.466. The highest BCUT2D eigenvalue weighted by Crippen LogP contribution is 2.29. The van der Waals surface area contributed by atoms with E-state index in [1.54, 1.807) is 35.2 Å². The van der Waals surface area contributed by atoms with E-state index in [-0.39, 0.29) is 4.90 Å². The van der Waals surface area contributed by atoms with Crippen molar-refractivity contribution >= 4 is 15.8 Å². The zero-order valence-electron chi connectivity index (χ0n) is 7.58. The van der Waals surface area contributed by atoms with Crippen LogP contribution in [0.25, 0.3) is 5.69 Å². The van der Waals surface area contributed by atoms with Crippen molar-refractivity contribution in [1.29, 1.82) is 0 Å². The molecule has 0 fully saturated rings. The highest BCUT2D eigenvalue weighted by atomic mass is 32.2. The summed E-state index contributed by atoms with van der Waals surface area (Å²) in [6, 6.07) is 6.81. The molecule has 0 saturated carbocycles. The second kappa shape index (κ2) is 2.60. The molecule has 1 aliphatic heterocycles. The van der Waals surface area contributed by atoms with Crippen LogP contribution in [0.3, 0.4) is 0 Å². The van der Waals surface area contributed by atoms with Gasteiger partial charge in [-0.1, -0.05) is 12.1 Å². The Bertz CT molecular complexity index is 630. The van der Waals surface area contributed by atoms with Crippen molar-refractivity contribution in [2.75, 3.05) is 4.72 Å². The van der Waals surface area contributed by atoms with Crippen molar-refractivity contribution in [1.82, 2.24) is 9.55 Å². The molecule has 0 unspecified atom stereocenters. The Morgan fingerprint density at radius 3 is 2.93 bits per heavy atom. The van der Waals surface area contributed by atoms with E-state index in [1.165, 1.54) is 6.20 Å². The van der Waals surface area contributed by atoms with E-state index < -0.39 is 10.0 Å². The molecule has 0 saturated heterocycles. The van der Waals surface area contributed by atoms with E-state index in [2.05, 4.69) is 9.71 Å². The number of aromatic nitrogens is 2. The largest absolute Gasteiger partial charge is 0.284 e. The van der Waals surface area contributed by atoms with Gasteiger partial charge in [0.1, 0.15) is 17.0 Å². The van der Waals surface area contributed by atoms with Gasteiger partial charge in [0.05, 0.1) is 11.9 Å². The molecule has 6 heteroatoms. The Morgan fingerprint density at radius 2 is 2.07 bits per heavy atom. The minimum atomic E-state index is -3.44. The van der Waals surface area contributed by atoms with Gasteiger partial charge in [0.25, 0.3) is 10.0 Å². The number of hydrogen-bond acceptors (Lipinski definition) is 3. The van der Waals surface area contributed by atoms with Crippen LogP contribution in [0.1, 0.15) is 0 Å². The average molecular weight is 221 g/mol. The highest BCUT2D eigenvalue weighted by molar-refractivity contribution is 7.93. The Labute approximate surface area is 86.4 Å². The Kier molecular flexibility index (Phi) is 1.47. The maximum atomic E-state index is 11.8. The van der Waals surface area contributed by atoms with Crippen molar-refractivity contribution in [3.05, 3.63) is 36.8 Å². The van der Waals surface area contributed by atoms with Gasteiger partial charge < -0.3 is 0 Å². The number of hydrogen-bond donors (Lipinski definition) is 1.